The van der Waals surface area contributed by atoms with Gasteiger partial charge in [-0.2, -0.15) is 0 Å². The summed E-state index contributed by atoms with van der Waals surface area (Å²) in [7, 11) is 0. The molecule has 0 amide bonds. The standard InChI is InChI=1S/C13H21N3/c1-10-4-6-16(9-12(10)8-14)13-3-5-15-11(2)7-13/h3,5,7,10,12H,4,6,8-9,14H2,1-2H3. The molecule has 1 aromatic heterocycles. The van der Waals surface area contributed by atoms with Crippen molar-refractivity contribution in [3.63, 3.8) is 0 Å². The Morgan fingerprint density at radius 3 is 3.06 bits per heavy atom. The lowest BCUT2D eigenvalue weighted by Crippen LogP contribution is -2.42. The third-order valence-corrected chi connectivity index (χ3v) is 3.66. The van der Waals surface area contributed by atoms with Crippen LogP contribution in [-0.2, 0) is 0 Å². The molecule has 0 bridgehead atoms. The van der Waals surface area contributed by atoms with E-state index in [-0.39, 0.29) is 0 Å². The van der Waals surface area contributed by atoms with Gasteiger partial charge in [-0.15, -0.1) is 0 Å². The van der Waals surface area contributed by atoms with Gasteiger partial charge in [-0.1, -0.05) is 6.92 Å². The van der Waals surface area contributed by atoms with E-state index in [4.69, 9.17) is 5.73 Å². The van der Waals surface area contributed by atoms with Crippen molar-refractivity contribution in [2.75, 3.05) is 24.5 Å². The van der Waals surface area contributed by atoms with Gasteiger partial charge in [-0.25, -0.2) is 0 Å². The molecule has 2 N–H and O–H groups in total. The largest absolute Gasteiger partial charge is 0.371 e. The molecule has 0 radical (unpaired) electrons. The predicted octanol–water partition coefficient (Wildman–Crippen LogP) is 1.81. The quantitative estimate of drug-likeness (QED) is 0.825. The van der Waals surface area contributed by atoms with Gasteiger partial charge in [0.05, 0.1) is 0 Å². The molecule has 1 saturated heterocycles. The second-order valence-electron chi connectivity index (χ2n) is 4.86. The average Bonchev–Trinajstić information content (AvgIpc) is 2.29. The van der Waals surface area contributed by atoms with Crippen molar-refractivity contribution in [2.45, 2.75) is 20.3 Å². The van der Waals surface area contributed by atoms with Gasteiger partial charge in [-0.05, 0) is 43.9 Å². The summed E-state index contributed by atoms with van der Waals surface area (Å²) in [6.45, 7) is 7.37. The lowest BCUT2D eigenvalue weighted by Gasteiger charge is -2.38. The minimum Gasteiger partial charge on any atom is -0.371 e. The molecule has 2 unspecified atom stereocenters. The Balaban J connectivity index is 2.11. The Hall–Kier alpha value is -1.09. The number of anilines is 1. The first-order valence-corrected chi connectivity index (χ1v) is 6.08. The summed E-state index contributed by atoms with van der Waals surface area (Å²) >= 11 is 0. The summed E-state index contributed by atoms with van der Waals surface area (Å²) in [4.78, 5) is 6.67. The smallest absolute Gasteiger partial charge is 0.0399 e. The van der Waals surface area contributed by atoms with Crippen LogP contribution in [0.15, 0.2) is 18.3 Å². The predicted molar refractivity (Wildman–Crippen MR) is 67.5 cm³/mol. The average molecular weight is 219 g/mol. The number of pyridine rings is 1. The van der Waals surface area contributed by atoms with Gasteiger partial charge in [0.1, 0.15) is 0 Å². The van der Waals surface area contributed by atoms with Crippen LogP contribution in [0, 0.1) is 18.8 Å². The normalized spacial score (nSPS) is 25.8. The first-order chi connectivity index (χ1) is 7.70. The van der Waals surface area contributed by atoms with Crippen molar-refractivity contribution in [3.8, 4) is 0 Å². The summed E-state index contributed by atoms with van der Waals surface area (Å²) in [5.41, 5.74) is 8.20. The molecule has 1 aliphatic heterocycles. The Morgan fingerprint density at radius 2 is 2.38 bits per heavy atom. The molecule has 0 saturated carbocycles. The number of hydrogen-bond donors (Lipinski definition) is 1. The molecule has 0 aliphatic carbocycles. The molecule has 16 heavy (non-hydrogen) atoms. The molecule has 2 rings (SSSR count). The van der Waals surface area contributed by atoms with Crippen LogP contribution >= 0.6 is 0 Å². The second kappa shape index (κ2) is 4.83. The summed E-state index contributed by atoms with van der Waals surface area (Å²) in [5, 5.41) is 0. The molecule has 3 heteroatoms. The van der Waals surface area contributed by atoms with Crippen LogP contribution in [0.2, 0.25) is 0 Å². The molecule has 1 aromatic rings. The minimum absolute atomic E-state index is 0.627. The number of nitrogens with zero attached hydrogens (tertiary/aromatic N) is 2. The number of piperidine rings is 1. The van der Waals surface area contributed by atoms with Crippen molar-refractivity contribution in [3.05, 3.63) is 24.0 Å². The molecule has 88 valence electrons. The monoisotopic (exact) mass is 219 g/mol. The van der Waals surface area contributed by atoms with E-state index in [2.05, 4.69) is 28.9 Å². The van der Waals surface area contributed by atoms with Crippen molar-refractivity contribution in [2.24, 2.45) is 17.6 Å². The third kappa shape index (κ3) is 2.35. The van der Waals surface area contributed by atoms with Gasteiger partial charge in [0, 0.05) is 30.7 Å². The summed E-state index contributed by atoms with van der Waals surface area (Å²) in [5.74, 6) is 1.38. The highest BCUT2D eigenvalue weighted by Crippen LogP contribution is 2.26. The van der Waals surface area contributed by atoms with Crippen LogP contribution in [0.3, 0.4) is 0 Å². The maximum atomic E-state index is 5.82. The van der Waals surface area contributed by atoms with E-state index >= 15 is 0 Å². The molecule has 0 spiro atoms. The fourth-order valence-corrected chi connectivity index (χ4v) is 2.42. The topological polar surface area (TPSA) is 42.1 Å². The van der Waals surface area contributed by atoms with Gasteiger partial charge in [-0.3, -0.25) is 4.98 Å². The van der Waals surface area contributed by atoms with E-state index < -0.39 is 0 Å². The van der Waals surface area contributed by atoms with E-state index in [1.54, 1.807) is 0 Å². The van der Waals surface area contributed by atoms with E-state index in [1.807, 2.05) is 13.1 Å². The number of nitrogens with two attached hydrogens (primary N) is 1. The Kier molecular flexibility index (Phi) is 3.44. The van der Waals surface area contributed by atoms with E-state index in [0.29, 0.717) is 5.92 Å². The van der Waals surface area contributed by atoms with Crippen molar-refractivity contribution >= 4 is 5.69 Å². The van der Waals surface area contributed by atoms with Crippen LogP contribution in [0.5, 0.6) is 0 Å². The highest BCUT2D eigenvalue weighted by Gasteiger charge is 2.25. The van der Waals surface area contributed by atoms with Crippen LogP contribution in [-0.4, -0.2) is 24.6 Å². The first kappa shape index (κ1) is 11.4. The number of rotatable bonds is 2. The maximum Gasteiger partial charge on any atom is 0.0399 e. The Morgan fingerprint density at radius 1 is 1.56 bits per heavy atom. The van der Waals surface area contributed by atoms with Crippen LogP contribution < -0.4 is 10.6 Å². The van der Waals surface area contributed by atoms with E-state index in [0.717, 1.165) is 31.2 Å². The lowest BCUT2D eigenvalue weighted by atomic mass is 9.87. The summed E-state index contributed by atoms with van der Waals surface area (Å²) in [6.07, 6.45) is 3.13. The van der Waals surface area contributed by atoms with E-state index in [9.17, 15) is 0 Å². The summed E-state index contributed by atoms with van der Waals surface area (Å²) < 4.78 is 0. The second-order valence-corrected chi connectivity index (χ2v) is 4.86. The zero-order valence-corrected chi connectivity index (χ0v) is 10.2. The molecule has 0 aromatic carbocycles. The molecule has 2 heterocycles. The van der Waals surface area contributed by atoms with Crippen molar-refractivity contribution in [1.29, 1.82) is 0 Å². The maximum absolute atomic E-state index is 5.82. The third-order valence-electron chi connectivity index (χ3n) is 3.66. The highest BCUT2D eigenvalue weighted by molar-refractivity contribution is 5.46. The Labute approximate surface area is 97.7 Å². The van der Waals surface area contributed by atoms with Gasteiger partial charge in [0.15, 0.2) is 0 Å². The van der Waals surface area contributed by atoms with Crippen LogP contribution in [0.25, 0.3) is 0 Å². The van der Waals surface area contributed by atoms with Gasteiger partial charge >= 0.3 is 0 Å². The van der Waals surface area contributed by atoms with Crippen molar-refractivity contribution < 1.29 is 0 Å². The number of aromatic nitrogens is 1. The van der Waals surface area contributed by atoms with Crippen LogP contribution in [0.4, 0.5) is 5.69 Å². The zero-order valence-electron chi connectivity index (χ0n) is 10.2. The SMILES string of the molecule is Cc1cc(N2CCC(C)C(CN)C2)ccn1. The molecule has 2 atom stereocenters. The molecule has 3 nitrogen and oxygen atoms in total. The van der Waals surface area contributed by atoms with Gasteiger partial charge in [0.25, 0.3) is 0 Å². The molecule has 1 aliphatic rings. The molecule has 1 fully saturated rings. The first-order valence-electron chi connectivity index (χ1n) is 6.08. The summed E-state index contributed by atoms with van der Waals surface area (Å²) in [6, 6.07) is 4.25. The van der Waals surface area contributed by atoms with Crippen LogP contribution in [0.1, 0.15) is 19.0 Å². The fourth-order valence-electron chi connectivity index (χ4n) is 2.42. The molecular formula is C13H21N3. The number of hydrogen-bond acceptors (Lipinski definition) is 3. The molecular weight excluding hydrogens is 198 g/mol. The number of aryl methyl sites for hydroxylation is 1. The zero-order chi connectivity index (χ0) is 11.5. The van der Waals surface area contributed by atoms with Gasteiger partial charge < -0.3 is 10.6 Å². The van der Waals surface area contributed by atoms with Crippen molar-refractivity contribution in [1.82, 2.24) is 4.98 Å². The fraction of sp³-hybridized carbons (Fsp3) is 0.615. The highest BCUT2D eigenvalue weighted by atomic mass is 15.1. The Bertz CT molecular complexity index is 351. The lowest BCUT2D eigenvalue weighted by molar-refractivity contribution is 0.308. The minimum atomic E-state index is 0.627. The van der Waals surface area contributed by atoms with E-state index in [1.165, 1.54) is 12.1 Å². The van der Waals surface area contributed by atoms with Gasteiger partial charge in [0.2, 0.25) is 0 Å².